The number of halogens is 2. The second-order valence-electron chi connectivity index (χ2n) is 4.34. The molecular formula is C15H14F2O2. The first kappa shape index (κ1) is 13.6. The molecule has 0 aliphatic heterocycles. The minimum Gasteiger partial charge on any atom is -0.390 e. The van der Waals surface area contributed by atoms with Gasteiger partial charge in [0.2, 0.25) is 0 Å². The molecule has 0 bridgehead atoms. The standard InChI is InChI=1S/C15H14F2O2/c16-12-8-4-7-11(14(12)17)9-13(18)15(19)10-5-2-1-3-6-10/h1-8,13,15,18-19H,9H2. The number of aliphatic hydroxyl groups is 2. The zero-order valence-electron chi connectivity index (χ0n) is 10.1. The number of rotatable bonds is 4. The van der Waals surface area contributed by atoms with Crippen LogP contribution in [0.4, 0.5) is 8.78 Å². The molecule has 0 amide bonds. The predicted molar refractivity (Wildman–Crippen MR) is 67.5 cm³/mol. The van der Waals surface area contributed by atoms with Crippen LogP contribution in [-0.4, -0.2) is 16.3 Å². The SMILES string of the molecule is OC(Cc1cccc(F)c1F)C(O)c1ccccc1. The molecule has 0 saturated carbocycles. The summed E-state index contributed by atoms with van der Waals surface area (Å²) >= 11 is 0. The molecular weight excluding hydrogens is 250 g/mol. The van der Waals surface area contributed by atoms with Crippen molar-refractivity contribution in [2.75, 3.05) is 0 Å². The Morgan fingerprint density at radius 1 is 0.895 bits per heavy atom. The molecule has 2 rings (SSSR count). The summed E-state index contributed by atoms with van der Waals surface area (Å²) in [6.45, 7) is 0. The minimum absolute atomic E-state index is 0.0440. The number of aliphatic hydroxyl groups excluding tert-OH is 2. The highest BCUT2D eigenvalue weighted by Gasteiger charge is 2.20. The van der Waals surface area contributed by atoms with Crippen molar-refractivity contribution < 1.29 is 19.0 Å². The highest BCUT2D eigenvalue weighted by molar-refractivity contribution is 5.22. The molecule has 0 heterocycles. The average molecular weight is 264 g/mol. The topological polar surface area (TPSA) is 40.5 Å². The Balaban J connectivity index is 2.13. The Morgan fingerprint density at radius 2 is 1.58 bits per heavy atom. The molecule has 2 aromatic rings. The van der Waals surface area contributed by atoms with Crippen molar-refractivity contribution in [3.05, 3.63) is 71.3 Å². The van der Waals surface area contributed by atoms with Gasteiger partial charge in [0.1, 0.15) is 6.10 Å². The van der Waals surface area contributed by atoms with Gasteiger partial charge in [-0.2, -0.15) is 0 Å². The maximum Gasteiger partial charge on any atom is 0.162 e. The van der Waals surface area contributed by atoms with E-state index in [4.69, 9.17) is 0 Å². The zero-order chi connectivity index (χ0) is 13.8. The van der Waals surface area contributed by atoms with E-state index in [9.17, 15) is 19.0 Å². The Hall–Kier alpha value is -1.78. The van der Waals surface area contributed by atoms with Gasteiger partial charge in [0.15, 0.2) is 11.6 Å². The molecule has 0 aliphatic rings. The number of hydrogen-bond acceptors (Lipinski definition) is 2. The van der Waals surface area contributed by atoms with Gasteiger partial charge in [-0.25, -0.2) is 8.78 Å². The fourth-order valence-electron chi connectivity index (χ4n) is 1.92. The monoisotopic (exact) mass is 264 g/mol. The van der Waals surface area contributed by atoms with Crippen molar-refractivity contribution in [2.45, 2.75) is 18.6 Å². The molecule has 2 unspecified atom stereocenters. The Morgan fingerprint density at radius 3 is 2.26 bits per heavy atom. The summed E-state index contributed by atoms with van der Waals surface area (Å²) in [5, 5.41) is 19.8. The Labute approximate surface area is 110 Å². The molecule has 4 heteroatoms. The minimum atomic E-state index is -1.20. The molecule has 0 aromatic heterocycles. The molecule has 100 valence electrons. The molecule has 2 N–H and O–H groups in total. The number of hydrogen-bond donors (Lipinski definition) is 2. The van der Waals surface area contributed by atoms with Crippen LogP contribution in [0.5, 0.6) is 0 Å². The van der Waals surface area contributed by atoms with E-state index in [1.165, 1.54) is 12.1 Å². The van der Waals surface area contributed by atoms with Crippen molar-refractivity contribution in [3.63, 3.8) is 0 Å². The van der Waals surface area contributed by atoms with Crippen LogP contribution in [0.25, 0.3) is 0 Å². The van der Waals surface area contributed by atoms with Gasteiger partial charge in [-0.05, 0) is 17.2 Å². The molecule has 0 saturated heterocycles. The van der Waals surface area contributed by atoms with Gasteiger partial charge in [-0.15, -0.1) is 0 Å². The van der Waals surface area contributed by atoms with Gasteiger partial charge in [0, 0.05) is 6.42 Å². The fraction of sp³-hybridized carbons (Fsp3) is 0.200. The van der Waals surface area contributed by atoms with Gasteiger partial charge in [0.25, 0.3) is 0 Å². The fourth-order valence-corrected chi connectivity index (χ4v) is 1.92. The van der Waals surface area contributed by atoms with Crippen LogP contribution in [-0.2, 0) is 6.42 Å². The highest BCUT2D eigenvalue weighted by Crippen LogP contribution is 2.21. The van der Waals surface area contributed by atoms with E-state index >= 15 is 0 Å². The van der Waals surface area contributed by atoms with E-state index < -0.39 is 23.8 Å². The normalized spacial score (nSPS) is 14.1. The quantitative estimate of drug-likeness (QED) is 0.891. The van der Waals surface area contributed by atoms with E-state index in [-0.39, 0.29) is 12.0 Å². The van der Waals surface area contributed by atoms with Crippen LogP contribution in [0.1, 0.15) is 17.2 Å². The van der Waals surface area contributed by atoms with Crippen molar-refractivity contribution >= 4 is 0 Å². The summed E-state index contributed by atoms with van der Waals surface area (Å²) in [5.41, 5.74) is 0.578. The molecule has 19 heavy (non-hydrogen) atoms. The van der Waals surface area contributed by atoms with Gasteiger partial charge in [-0.1, -0.05) is 42.5 Å². The van der Waals surface area contributed by atoms with Crippen molar-refractivity contribution in [1.29, 1.82) is 0 Å². The predicted octanol–water partition coefficient (Wildman–Crippen LogP) is 2.60. The Bertz CT molecular complexity index is 543. The molecule has 0 aliphatic carbocycles. The third-order valence-corrected chi connectivity index (χ3v) is 2.97. The van der Waals surface area contributed by atoms with Crippen LogP contribution < -0.4 is 0 Å². The van der Waals surface area contributed by atoms with Crippen LogP contribution in [0.3, 0.4) is 0 Å². The first-order valence-corrected chi connectivity index (χ1v) is 5.93. The highest BCUT2D eigenvalue weighted by atomic mass is 19.2. The van der Waals surface area contributed by atoms with Gasteiger partial charge in [-0.3, -0.25) is 0 Å². The van der Waals surface area contributed by atoms with Gasteiger partial charge >= 0.3 is 0 Å². The summed E-state index contributed by atoms with van der Waals surface area (Å²) in [6.07, 6.45) is -2.48. The first-order chi connectivity index (χ1) is 9.09. The molecule has 2 nitrogen and oxygen atoms in total. The van der Waals surface area contributed by atoms with Crippen molar-refractivity contribution in [2.24, 2.45) is 0 Å². The van der Waals surface area contributed by atoms with Crippen molar-refractivity contribution in [1.82, 2.24) is 0 Å². The van der Waals surface area contributed by atoms with Crippen LogP contribution >= 0.6 is 0 Å². The summed E-state index contributed by atoms with van der Waals surface area (Å²) in [6, 6.07) is 12.3. The lowest BCUT2D eigenvalue weighted by atomic mass is 9.98. The second kappa shape index (κ2) is 5.91. The van der Waals surface area contributed by atoms with E-state index in [1.54, 1.807) is 30.3 Å². The van der Waals surface area contributed by atoms with Crippen LogP contribution in [0, 0.1) is 11.6 Å². The summed E-state index contributed by atoms with van der Waals surface area (Å²) in [7, 11) is 0. The van der Waals surface area contributed by atoms with E-state index in [2.05, 4.69) is 0 Å². The lowest BCUT2D eigenvalue weighted by molar-refractivity contribution is 0.0184. The third kappa shape index (κ3) is 3.16. The molecule has 0 spiro atoms. The molecule has 2 aromatic carbocycles. The molecule has 0 fully saturated rings. The largest absolute Gasteiger partial charge is 0.390 e. The summed E-state index contributed by atoms with van der Waals surface area (Å²) in [5.74, 6) is -1.94. The van der Waals surface area contributed by atoms with Gasteiger partial charge < -0.3 is 10.2 Å². The molecule has 2 atom stereocenters. The van der Waals surface area contributed by atoms with E-state index in [0.29, 0.717) is 5.56 Å². The summed E-state index contributed by atoms with van der Waals surface area (Å²) in [4.78, 5) is 0. The average Bonchev–Trinajstić information content (AvgIpc) is 2.44. The Kier molecular flexibility index (Phi) is 4.24. The van der Waals surface area contributed by atoms with Crippen molar-refractivity contribution in [3.8, 4) is 0 Å². The third-order valence-electron chi connectivity index (χ3n) is 2.97. The molecule has 0 radical (unpaired) electrons. The van der Waals surface area contributed by atoms with Crippen LogP contribution in [0.15, 0.2) is 48.5 Å². The first-order valence-electron chi connectivity index (χ1n) is 5.93. The lowest BCUT2D eigenvalue weighted by Crippen LogP contribution is -2.21. The smallest absolute Gasteiger partial charge is 0.162 e. The van der Waals surface area contributed by atoms with Crippen LogP contribution in [0.2, 0.25) is 0 Å². The van der Waals surface area contributed by atoms with E-state index in [1.807, 2.05) is 0 Å². The zero-order valence-corrected chi connectivity index (χ0v) is 10.1. The van der Waals surface area contributed by atoms with E-state index in [0.717, 1.165) is 6.07 Å². The van der Waals surface area contributed by atoms with Gasteiger partial charge in [0.05, 0.1) is 6.10 Å². The number of benzene rings is 2. The maximum absolute atomic E-state index is 13.5. The maximum atomic E-state index is 13.5. The lowest BCUT2D eigenvalue weighted by Gasteiger charge is -2.18. The summed E-state index contributed by atoms with van der Waals surface area (Å²) < 4.78 is 26.5. The second-order valence-corrected chi connectivity index (χ2v) is 4.34.